The van der Waals surface area contributed by atoms with Crippen LogP contribution in [0.5, 0.6) is 0 Å². The van der Waals surface area contributed by atoms with Crippen LogP contribution in [0.15, 0.2) is 18.2 Å². The van der Waals surface area contributed by atoms with Crippen LogP contribution in [-0.4, -0.2) is 7.11 Å². The lowest BCUT2D eigenvalue weighted by molar-refractivity contribution is 0.0659. The van der Waals surface area contributed by atoms with Crippen molar-refractivity contribution in [1.29, 1.82) is 0 Å². The molecule has 1 rings (SSSR count). The molecular formula is C9H11Cl2NO. The fourth-order valence-corrected chi connectivity index (χ4v) is 1.67. The Morgan fingerprint density at radius 3 is 2.62 bits per heavy atom. The molecule has 0 aliphatic heterocycles. The van der Waals surface area contributed by atoms with E-state index in [1.165, 1.54) is 0 Å². The van der Waals surface area contributed by atoms with Gasteiger partial charge in [-0.25, -0.2) is 0 Å². The Balaban J connectivity index is 2.88. The summed E-state index contributed by atoms with van der Waals surface area (Å²) < 4.78 is 0. The van der Waals surface area contributed by atoms with Crippen molar-refractivity contribution in [2.24, 2.45) is 0 Å². The van der Waals surface area contributed by atoms with E-state index in [9.17, 15) is 0 Å². The van der Waals surface area contributed by atoms with Gasteiger partial charge in [0.1, 0.15) is 0 Å². The Kier molecular flexibility index (Phi) is 4.00. The standard InChI is InChI=1S/C9H11Cl2NO/c1-6(12-13-2)8-4-3-7(10)5-9(8)11/h3-6,12H,1-2H3. The summed E-state index contributed by atoms with van der Waals surface area (Å²) in [6.07, 6.45) is 0. The Bertz CT molecular complexity index is 291. The third kappa shape index (κ3) is 2.85. The first kappa shape index (κ1) is 10.8. The molecule has 0 aromatic heterocycles. The molecule has 0 spiro atoms. The molecule has 0 aliphatic carbocycles. The predicted octanol–water partition coefficient (Wildman–Crippen LogP) is 3.21. The highest BCUT2D eigenvalue weighted by molar-refractivity contribution is 6.35. The Morgan fingerprint density at radius 2 is 2.08 bits per heavy atom. The molecule has 0 radical (unpaired) electrons. The number of halogens is 2. The van der Waals surface area contributed by atoms with Crippen molar-refractivity contribution in [1.82, 2.24) is 5.48 Å². The quantitative estimate of drug-likeness (QED) is 0.789. The van der Waals surface area contributed by atoms with E-state index in [4.69, 9.17) is 28.0 Å². The summed E-state index contributed by atoms with van der Waals surface area (Å²) in [6.45, 7) is 1.96. The largest absolute Gasteiger partial charge is 0.305 e. The van der Waals surface area contributed by atoms with E-state index in [0.29, 0.717) is 10.0 Å². The van der Waals surface area contributed by atoms with E-state index in [0.717, 1.165) is 5.56 Å². The molecule has 0 amide bonds. The van der Waals surface area contributed by atoms with Gasteiger partial charge in [-0.15, -0.1) is 0 Å². The molecule has 0 aliphatic rings. The summed E-state index contributed by atoms with van der Waals surface area (Å²) in [5.41, 5.74) is 3.76. The number of benzene rings is 1. The Labute approximate surface area is 87.8 Å². The smallest absolute Gasteiger partial charge is 0.0572 e. The number of hydroxylamine groups is 1. The molecule has 0 saturated heterocycles. The maximum Gasteiger partial charge on any atom is 0.0572 e. The number of nitrogens with one attached hydrogen (secondary N) is 1. The van der Waals surface area contributed by atoms with Gasteiger partial charge >= 0.3 is 0 Å². The van der Waals surface area contributed by atoms with Crippen LogP contribution in [0.25, 0.3) is 0 Å². The van der Waals surface area contributed by atoms with Gasteiger partial charge in [0.15, 0.2) is 0 Å². The van der Waals surface area contributed by atoms with E-state index in [-0.39, 0.29) is 6.04 Å². The zero-order valence-corrected chi connectivity index (χ0v) is 8.99. The summed E-state index contributed by atoms with van der Waals surface area (Å²) >= 11 is 11.7. The highest BCUT2D eigenvalue weighted by atomic mass is 35.5. The molecule has 2 nitrogen and oxygen atoms in total. The molecule has 0 fully saturated rings. The third-order valence-corrected chi connectivity index (χ3v) is 2.29. The van der Waals surface area contributed by atoms with Gasteiger partial charge in [0.05, 0.1) is 13.2 Å². The van der Waals surface area contributed by atoms with Crippen molar-refractivity contribution in [2.45, 2.75) is 13.0 Å². The zero-order chi connectivity index (χ0) is 9.84. The number of rotatable bonds is 3. The molecule has 0 bridgehead atoms. The first-order valence-electron chi connectivity index (χ1n) is 3.88. The first-order valence-corrected chi connectivity index (χ1v) is 4.64. The van der Waals surface area contributed by atoms with Crippen molar-refractivity contribution in [3.63, 3.8) is 0 Å². The van der Waals surface area contributed by atoms with E-state index in [2.05, 4.69) is 5.48 Å². The first-order chi connectivity index (χ1) is 6.15. The van der Waals surface area contributed by atoms with Crippen LogP contribution >= 0.6 is 23.2 Å². The minimum absolute atomic E-state index is 0.0507. The van der Waals surface area contributed by atoms with Crippen LogP contribution in [0.3, 0.4) is 0 Å². The van der Waals surface area contributed by atoms with Gasteiger partial charge in [-0.2, -0.15) is 5.48 Å². The second-order valence-corrected chi connectivity index (χ2v) is 3.55. The minimum Gasteiger partial charge on any atom is -0.305 e. The normalized spacial score (nSPS) is 12.9. The summed E-state index contributed by atoms with van der Waals surface area (Å²) in [5.74, 6) is 0. The van der Waals surface area contributed by atoms with Crippen LogP contribution in [0, 0.1) is 0 Å². The van der Waals surface area contributed by atoms with Crippen molar-refractivity contribution in [3.8, 4) is 0 Å². The van der Waals surface area contributed by atoms with Crippen LogP contribution in [-0.2, 0) is 4.84 Å². The van der Waals surface area contributed by atoms with Gasteiger partial charge in [-0.1, -0.05) is 29.3 Å². The lowest BCUT2D eigenvalue weighted by Crippen LogP contribution is -2.16. The zero-order valence-electron chi connectivity index (χ0n) is 7.47. The molecule has 1 aromatic rings. The highest BCUT2D eigenvalue weighted by Gasteiger charge is 2.08. The summed E-state index contributed by atoms with van der Waals surface area (Å²) in [7, 11) is 1.57. The lowest BCUT2D eigenvalue weighted by Gasteiger charge is -2.13. The highest BCUT2D eigenvalue weighted by Crippen LogP contribution is 2.25. The Morgan fingerprint density at radius 1 is 1.38 bits per heavy atom. The molecule has 72 valence electrons. The molecular weight excluding hydrogens is 209 g/mol. The topological polar surface area (TPSA) is 21.3 Å². The van der Waals surface area contributed by atoms with Gasteiger partial charge in [-0.3, -0.25) is 0 Å². The van der Waals surface area contributed by atoms with Crippen LogP contribution in [0.1, 0.15) is 18.5 Å². The Hall–Kier alpha value is -0.280. The monoisotopic (exact) mass is 219 g/mol. The van der Waals surface area contributed by atoms with Gasteiger partial charge in [0.25, 0.3) is 0 Å². The lowest BCUT2D eigenvalue weighted by atomic mass is 10.1. The van der Waals surface area contributed by atoms with Gasteiger partial charge in [-0.05, 0) is 24.6 Å². The van der Waals surface area contributed by atoms with Crippen molar-refractivity contribution in [3.05, 3.63) is 33.8 Å². The van der Waals surface area contributed by atoms with Gasteiger partial charge in [0.2, 0.25) is 0 Å². The summed E-state index contributed by atoms with van der Waals surface area (Å²) in [4.78, 5) is 4.80. The maximum atomic E-state index is 5.98. The fraction of sp³-hybridized carbons (Fsp3) is 0.333. The van der Waals surface area contributed by atoms with E-state index >= 15 is 0 Å². The van der Waals surface area contributed by atoms with E-state index < -0.39 is 0 Å². The maximum absolute atomic E-state index is 5.98. The summed E-state index contributed by atoms with van der Waals surface area (Å²) in [6, 6.07) is 5.44. The van der Waals surface area contributed by atoms with Crippen LogP contribution < -0.4 is 5.48 Å². The molecule has 4 heteroatoms. The average Bonchev–Trinajstić information content (AvgIpc) is 2.04. The van der Waals surface area contributed by atoms with Gasteiger partial charge < -0.3 is 4.84 Å². The van der Waals surface area contributed by atoms with E-state index in [1.807, 2.05) is 13.0 Å². The minimum atomic E-state index is 0.0507. The van der Waals surface area contributed by atoms with Crippen molar-refractivity contribution >= 4 is 23.2 Å². The molecule has 0 heterocycles. The second-order valence-electron chi connectivity index (χ2n) is 2.71. The third-order valence-electron chi connectivity index (χ3n) is 1.72. The predicted molar refractivity (Wildman–Crippen MR) is 55.0 cm³/mol. The second kappa shape index (κ2) is 4.82. The van der Waals surface area contributed by atoms with Crippen molar-refractivity contribution < 1.29 is 4.84 Å². The molecule has 1 atom stereocenters. The van der Waals surface area contributed by atoms with Crippen molar-refractivity contribution in [2.75, 3.05) is 7.11 Å². The average molecular weight is 220 g/mol. The van der Waals surface area contributed by atoms with Crippen LogP contribution in [0.2, 0.25) is 10.0 Å². The fourth-order valence-electron chi connectivity index (χ4n) is 1.09. The number of hydrogen-bond acceptors (Lipinski definition) is 2. The molecule has 0 saturated carbocycles. The van der Waals surface area contributed by atoms with E-state index in [1.54, 1.807) is 19.2 Å². The van der Waals surface area contributed by atoms with Crippen LogP contribution in [0.4, 0.5) is 0 Å². The molecule has 1 aromatic carbocycles. The molecule has 1 N–H and O–H groups in total. The molecule has 13 heavy (non-hydrogen) atoms. The molecule has 1 unspecified atom stereocenters. The SMILES string of the molecule is CONC(C)c1ccc(Cl)cc1Cl. The van der Waals surface area contributed by atoms with Gasteiger partial charge in [0, 0.05) is 10.0 Å². The summed E-state index contributed by atoms with van der Waals surface area (Å²) in [5, 5.41) is 1.28. The number of hydrogen-bond donors (Lipinski definition) is 1.